The molecule has 0 aliphatic heterocycles. The smallest absolute Gasteiger partial charge is 0.0542 e. The summed E-state index contributed by atoms with van der Waals surface area (Å²) in [4.78, 5) is 4.85. The fraction of sp³-hybridized carbons (Fsp3) is 0.0959. The number of allylic oxidation sites excluding steroid dienone is 13. The minimum atomic E-state index is 0.338. The summed E-state index contributed by atoms with van der Waals surface area (Å²) in [5, 5.41) is 3.77. The van der Waals surface area contributed by atoms with Gasteiger partial charge in [-0.25, -0.2) is 0 Å². The van der Waals surface area contributed by atoms with Crippen molar-refractivity contribution in [1.82, 2.24) is 9.13 Å². The third-order valence-corrected chi connectivity index (χ3v) is 15.9. The first-order chi connectivity index (χ1) is 38.2. The number of nitrogens with zero attached hydrogens (tertiary/aromatic N) is 4. The van der Waals surface area contributed by atoms with E-state index in [4.69, 9.17) is 0 Å². The third-order valence-electron chi connectivity index (χ3n) is 15.9. The molecule has 0 bridgehead atoms. The van der Waals surface area contributed by atoms with E-state index in [-0.39, 0.29) is 0 Å². The van der Waals surface area contributed by atoms with Crippen LogP contribution in [0, 0.1) is 0 Å². The summed E-state index contributed by atoms with van der Waals surface area (Å²) in [6.45, 7) is 0. The number of para-hydroxylation sites is 1. The summed E-state index contributed by atoms with van der Waals surface area (Å²) in [5.41, 5.74) is 21.6. The molecule has 1 unspecified atom stereocenters. The van der Waals surface area contributed by atoms with Crippen molar-refractivity contribution in [3.05, 3.63) is 283 Å². The fourth-order valence-corrected chi connectivity index (χ4v) is 12.1. The second-order valence-corrected chi connectivity index (χ2v) is 20.6. The lowest BCUT2D eigenvalue weighted by molar-refractivity contribution is 0.840. The molecule has 4 heteroatoms. The number of fused-ring (bicyclic) bond motifs is 6. The minimum absolute atomic E-state index is 0.338. The van der Waals surface area contributed by atoms with Gasteiger partial charge in [0.1, 0.15) is 0 Å². The van der Waals surface area contributed by atoms with E-state index in [1.165, 1.54) is 88.9 Å². The molecule has 0 radical (unpaired) electrons. The Labute approximate surface area is 451 Å². The third kappa shape index (κ3) is 8.62. The Morgan fingerprint density at radius 2 is 1.01 bits per heavy atom. The average Bonchev–Trinajstić information content (AvgIpc) is 3.95. The minimum Gasteiger partial charge on any atom is -0.313 e. The molecule has 2 heterocycles. The van der Waals surface area contributed by atoms with E-state index in [1.807, 2.05) is 0 Å². The standard InChI is InChI=1S/C73H58N4/c1-6-18-52(19-7-1)54-30-38-60(39-31-54)74(64-46-48-72-68(50-64)66-26-14-5-15-28-70(66)76(72)58-22-10-3-11-23-58)62-42-34-56(35-43-62)57-36-44-63(45-37-57)75(61-40-32-55(33-41-61)53-20-8-2-9-21-53)65-47-49-73-69(51-65)67-27-16-17-29-71(67)77(73)59-24-12-4-13-25-59/h1-3,6-10,12,14-22,24-32,34-51,55H,4-5,11,13,23,33H2. The Morgan fingerprint density at radius 1 is 0.416 bits per heavy atom. The van der Waals surface area contributed by atoms with Crippen molar-refractivity contribution < 1.29 is 0 Å². The van der Waals surface area contributed by atoms with Gasteiger partial charge in [0.25, 0.3) is 0 Å². The molecule has 0 saturated carbocycles. The lowest BCUT2D eigenvalue weighted by atomic mass is 9.91. The Balaban J connectivity index is 0.831. The first kappa shape index (κ1) is 46.2. The predicted molar refractivity (Wildman–Crippen MR) is 328 cm³/mol. The number of hydrogen-bond acceptors (Lipinski definition) is 2. The van der Waals surface area contributed by atoms with Crippen LogP contribution in [0.15, 0.2) is 267 Å². The van der Waals surface area contributed by atoms with Gasteiger partial charge < -0.3 is 18.9 Å². The van der Waals surface area contributed by atoms with Crippen LogP contribution in [0.5, 0.6) is 0 Å². The molecule has 14 rings (SSSR count). The number of anilines is 5. The number of hydrogen-bond donors (Lipinski definition) is 0. The molecule has 0 spiro atoms. The van der Waals surface area contributed by atoms with Crippen molar-refractivity contribution in [2.45, 2.75) is 44.4 Å². The predicted octanol–water partition coefficient (Wildman–Crippen LogP) is 20.1. The van der Waals surface area contributed by atoms with Crippen LogP contribution in [-0.4, -0.2) is 9.13 Å². The average molecular weight is 991 g/mol. The molecule has 10 aromatic rings. The zero-order valence-corrected chi connectivity index (χ0v) is 43.1. The van der Waals surface area contributed by atoms with Crippen LogP contribution in [0.4, 0.5) is 28.4 Å². The molecular formula is C73H58N4. The van der Waals surface area contributed by atoms with E-state index in [9.17, 15) is 0 Å². The highest BCUT2D eigenvalue weighted by Crippen LogP contribution is 2.44. The van der Waals surface area contributed by atoms with Crippen molar-refractivity contribution in [2.75, 3.05) is 9.80 Å². The van der Waals surface area contributed by atoms with Crippen LogP contribution in [0.3, 0.4) is 0 Å². The van der Waals surface area contributed by atoms with E-state index in [0.29, 0.717) is 5.92 Å². The monoisotopic (exact) mass is 990 g/mol. The largest absolute Gasteiger partial charge is 0.313 e. The summed E-state index contributed by atoms with van der Waals surface area (Å²) in [6.07, 6.45) is 36.1. The van der Waals surface area contributed by atoms with E-state index in [2.05, 4.69) is 292 Å². The van der Waals surface area contributed by atoms with E-state index in [0.717, 1.165) is 67.0 Å². The maximum atomic E-state index is 2.48. The Morgan fingerprint density at radius 3 is 1.68 bits per heavy atom. The topological polar surface area (TPSA) is 16.3 Å². The molecule has 0 fully saturated rings. The summed E-state index contributed by atoms with van der Waals surface area (Å²) < 4.78 is 4.92. The van der Waals surface area contributed by atoms with Gasteiger partial charge in [-0.15, -0.1) is 0 Å². The van der Waals surface area contributed by atoms with Gasteiger partial charge in [-0.2, -0.15) is 0 Å². The molecular weight excluding hydrogens is 933 g/mol. The first-order valence-corrected chi connectivity index (χ1v) is 27.4. The van der Waals surface area contributed by atoms with Gasteiger partial charge in [0, 0.05) is 73.2 Å². The van der Waals surface area contributed by atoms with Gasteiger partial charge in [-0.3, -0.25) is 0 Å². The molecule has 1 atom stereocenters. The van der Waals surface area contributed by atoms with Crippen LogP contribution in [0.25, 0.3) is 78.5 Å². The molecule has 4 aliphatic carbocycles. The summed E-state index contributed by atoms with van der Waals surface area (Å²) >= 11 is 0. The van der Waals surface area contributed by atoms with Crippen LogP contribution >= 0.6 is 0 Å². The second-order valence-electron chi connectivity index (χ2n) is 20.6. The maximum Gasteiger partial charge on any atom is 0.0542 e. The summed E-state index contributed by atoms with van der Waals surface area (Å²) in [5.74, 6) is 0.338. The van der Waals surface area contributed by atoms with Gasteiger partial charge in [0.15, 0.2) is 0 Å². The molecule has 4 aliphatic rings. The van der Waals surface area contributed by atoms with Crippen molar-refractivity contribution in [3.8, 4) is 22.3 Å². The van der Waals surface area contributed by atoms with E-state index < -0.39 is 0 Å². The van der Waals surface area contributed by atoms with Gasteiger partial charge >= 0.3 is 0 Å². The van der Waals surface area contributed by atoms with Crippen LogP contribution < -0.4 is 9.80 Å². The van der Waals surface area contributed by atoms with Crippen LogP contribution in [0.1, 0.15) is 61.3 Å². The zero-order chi connectivity index (χ0) is 51.1. The summed E-state index contributed by atoms with van der Waals surface area (Å²) in [6, 6.07) is 71.7. The number of rotatable bonds is 11. The van der Waals surface area contributed by atoms with Gasteiger partial charge in [0.2, 0.25) is 0 Å². The van der Waals surface area contributed by atoms with Gasteiger partial charge in [-0.05, 0) is 170 Å². The lowest BCUT2D eigenvalue weighted by Gasteiger charge is -2.29. The van der Waals surface area contributed by atoms with Crippen LogP contribution in [-0.2, 0) is 0 Å². The van der Waals surface area contributed by atoms with Gasteiger partial charge in [-0.1, -0.05) is 170 Å². The van der Waals surface area contributed by atoms with Gasteiger partial charge in [0.05, 0.1) is 22.2 Å². The maximum absolute atomic E-state index is 2.48. The number of aromatic nitrogens is 2. The molecule has 4 nitrogen and oxygen atoms in total. The van der Waals surface area contributed by atoms with Crippen LogP contribution in [0.2, 0.25) is 0 Å². The zero-order valence-electron chi connectivity index (χ0n) is 43.1. The molecule has 2 aromatic heterocycles. The molecule has 77 heavy (non-hydrogen) atoms. The van der Waals surface area contributed by atoms with E-state index >= 15 is 0 Å². The van der Waals surface area contributed by atoms with Crippen molar-refractivity contribution in [3.63, 3.8) is 0 Å². The number of benzene rings is 8. The fourth-order valence-electron chi connectivity index (χ4n) is 12.1. The SMILES string of the molecule is C1=CCCC(n2c3c(c4cc(N(c5ccc(-c6ccccc6)cc5)c5ccc(-c6ccc(N(C7=CCC(c8ccccc8)C=C7)c7ccc8c(c7)c7ccccc7n8C7=CCCC=C7)cc6)cc5)ccc42)C=CCC=C3)=C1. The highest BCUT2D eigenvalue weighted by molar-refractivity contribution is 6.12. The highest BCUT2D eigenvalue weighted by atomic mass is 15.2. The molecule has 0 N–H and O–H groups in total. The quantitative estimate of drug-likeness (QED) is 0.128. The molecule has 370 valence electrons. The first-order valence-electron chi connectivity index (χ1n) is 27.4. The molecule has 8 aromatic carbocycles. The molecule has 0 amide bonds. The Bertz CT molecular complexity index is 4110. The Hall–Kier alpha value is -9.38. The Kier molecular flexibility index (Phi) is 12.0. The summed E-state index contributed by atoms with van der Waals surface area (Å²) in [7, 11) is 0. The highest BCUT2D eigenvalue weighted by Gasteiger charge is 2.24. The van der Waals surface area contributed by atoms with Crippen molar-refractivity contribution in [2.24, 2.45) is 0 Å². The normalized spacial score (nSPS) is 15.8. The molecule has 0 saturated heterocycles. The second kappa shape index (κ2) is 20.0. The van der Waals surface area contributed by atoms with E-state index in [1.54, 1.807) is 0 Å². The van der Waals surface area contributed by atoms with Crippen molar-refractivity contribution >= 4 is 84.7 Å². The lowest BCUT2D eigenvalue weighted by Crippen LogP contribution is -2.17. The van der Waals surface area contributed by atoms with Crippen molar-refractivity contribution in [1.29, 1.82) is 0 Å².